The molecule has 0 aliphatic rings. The first-order chi connectivity index (χ1) is 23.2. The minimum absolute atomic E-state index is 0.580. The third-order valence-electron chi connectivity index (χ3n) is 8.88. The summed E-state index contributed by atoms with van der Waals surface area (Å²) in [5.41, 5.74) is 6.54. The van der Waals surface area contributed by atoms with Gasteiger partial charge in [-0.25, -0.2) is 4.85 Å². The standard InChI is InChI=1S/C44H27N3/c1-46-44-39-17-7-6-16-37(39)41(29-45)38-27-24-31(28-40(38)44)21-20-30-22-25-34(26-23-30)47(42-18-8-12-32-10-2-4-14-35(32)42)43-19-9-13-33-11-3-5-15-36(33)43/h2-28H/b21-20+. The molecule has 0 amide bonds. The lowest BCUT2D eigenvalue weighted by Crippen LogP contribution is -2.11. The highest BCUT2D eigenvalue weighted by Gasteiger charge is 2.18. The Morgan fingerprint density at radius 1 is 0.511 bits per heavy atom. The smallest absolute Gasteiger partial charge is 0.202 e. The molecule has 0 atom stereocenters. The van der Waals surface area contributed by atoms with E-state index in [9.17, 15) is 5.26 Å². The fourth-order valence-electron chi connectivity index (χ4n) is 6.66. The highest BCUT2D eigenvalue weighted by Crippen LogP contribution is 2.42. The van der Waals surface area contributed by atoms with Crippen LogP contribution in [0.25, 0.3) is 60.1 Å². The molecular formula is C44H27N3. The molecule has 0 fully saturated rings. The molecule has 3 heteroatoms. The molecule has 0 radical (unpaired) electrons. The average molecular weight is 598 g/mol. The zero-order valence-electron chi connectivity index (χ0n) is 25.4. The van der Waals surface area contributed by atoms with Crippen LogP contribution >= 0.6 is 0 Å². The Hall–Kier alpha value is -6.68. The van der Waals surface area contributed by atoms with E-state index in [2.05, 4.69) is 137 Å². The Bertz CT molecular complexity index is 2510. The predicted molar refractivity (Wildman–Crippen MR) is 197 cm³/mol. The first-order valence-corrected chi connectivity index (χ1v) is 15.5. The van der Waals surface area contributed by atoms with Crippen molar-refractivity contribution < 1.29 is 0 Å². The molecule has 0 aromatic heterocycles. The van der Waals surface area contributed by atoms with Crippen molar-refractivity contribution in [3.63, 3.8) is 0 Å². The predicted octanol–water partition coefficient (Wildman–Crippen LogP) is 12.4. The van der Waals surface area contributed by atoms with Crippen LogP contribution in [0, 0.1) is 17.9 Å². The topological polar surface area (TPSA) is 31.4 Å². The zero-order valence-corrected chi connectivity index (χ0v) is 25.4. The van der Waals surface area contributed by atoms with Crippen LogP contribution in [0.15, 0.2) is 152 Å². The molecule has 0 saturated heterocycles. The fourth-order valence-corrected chi connectivity index (χ4v) is 6.66. The SMILES string of the molecule is [C-]#[N+]c1c2ccccc2c(C#N)c2ccc(/C=C/c3ccc(N(c4cccc5ccccc45)c4cccc5ccccc45)cc3)cc12. The van der Waals surface area contributed by atoms with Crippen molar-refractivity contribution in [2.75, 3.05) is 4.90 Å². The minimum atomic E-state index is 0.580. The van der Waals surface area contributed by atoms with Crippen LogP contribution in [0.5, 0.6) is 0 Å². The molecule has 218 valence electrons. The van der Waals surface area contributed by atoms with Crippen LogP contribution in [-0.4, -0.2) is 0 Å². The van der Waals surface area contributed by atoms with Crippen molar-refractivity contribution in [1.82, 2.24) is 0 Å². The number of anilines is 3. The Kier molecular flexibility index (Phi) is 6.92. The molecular weight excluding hydrogens is 571 g/mol. The van der Waals surface area contributed by atoms with Gasteiger partial charge in [-0.15, -0.1) is 0 Å². The molecule has 0 aliphatic carbocycles. The lowest BCUT2D eigenvalue weighted by molar-refractivity contribution is 1.31. The second-order valence-corrected chi connectivity index (χ2v) is 11.6. The maximum Gasteiger partial charge on any atom is 0.202 e. The quantitative estimate of drug-likeness (QED) is 0.112. The van der Waals surface area contributed by atoms with Crippen molar-refractivity contribution in [3.8, 4) is 6.07 Å². The van der Waals surface area contributed by atoms with E-state index in [1.54, 1.807) is 0 Å². The van der Waals surface area contributed by atoms with E-state index >= 15 is 0 Å². The highest BCUT2D eigenvalue weighted by molar-refractivity contribution is 6.15. The van der Waals surface area contributed by atoms with Crippen LogP contribution in [0.1, 0.15) is 16.7 Å². The summed E-state index contributed by atoms with van der Waals surface area (Å²) in [5.74, 6) is 0. The number of hydrogen-bond donors (Lipinski definition) is 0. The van der Waals surface area contributed by atoms with Crippen LogP contribution < -0.4 is 4.90 Å². The maximum atomic E-state index is 9.98. The van der Waals surface area contributed by atoms with Gasteiger partial charge in [0, 0.05) is 16.5 Å². The molecule has 0 heterocycles. The molecule has 0 spiro atoms. The molecule has 8 aromatic rings. The Morgan fingerprint density at radius 2 is 1.02 bits per heavy atom. The first-order valence-electron chi connectivity index (χ1n) is 15.5. The second kappa shape index (κ2) is 11.7. The lowest BCUT2D eigenvalue weighted by atomic mass is 9.94. The molecule has 8 rings (SSSR count). The number of fused-ring (bicyclic) bond motifs is 4. The molecule has 8 aromatic carbocycles. The van der Waals surface area contributed by atoms with E-state index in [1.807, 2.05) is 42.5 Å². The van der Waals surface area contributed by atoms with E-state index in [4.69, 9.17) is 6.57 Å². The zero-order chi connectivity index (χ0) is 31.7. The highest BCUT2D eigenvalue weighted by atomic mass is 15.1. The normalized spacial score (nSPS) is 11.3. The summed E-state index contributed by atoms with van der Waals surface area (Å²) >= 11 is 0. The van der Waals surface area contributed by atoms with Gasteiger partial charge in [0.05, 0.1) is 23.5 Å². The van der Waals surface area contributed by atoms with E-state index in [-0.39, 0.29) is 0 Å². The Balaban J connectivity index is 1.20. The maximum absolute atomic E-state index is 9.98. The van der Waals surface area contributed by atoms with Gasteiger partial charge in [0.15, 0.2) is 0 Å². The average Bonchev–Trinajstić information content (AvgIpc) is 3.13. The minimum Gasteiger partial charge on any atom is -0.309 e. The van der Waals surface area contributed by atoms with Gasteiger partial charge in [-0.3, -0.25) is 0 Å². The molecule has 0 unspecified atom stereocenters. The van der Waals surface area contributed by atoms with E-state index in [0.717, 1.165) is 49.7 Å². The summed E-state index contributed by atoms with van der Waals surface area (Å²) in [4.78, 5) is 6.24. The van der Waals surface area contributed by atoms with Gasteiger partial charge in [0.2, 0.25) is 5.69 Å². The van der Waals surface area contributed by atoms with Gasteiger partial charge in [0.25, 0.3) is 0 Å². The summed E-state index contributed by atoms with van der Waals surface area (Å²) in [6.45, 7) is 7.93. The third kappa shape index (κ3) is 4.84. The largest absolute Gasteiger partial charge is 0.309 e. The first kappa shape index (κ1) is 27.8. The van der Waals surface area contributed by atoms with Crippen molar-refractivity contribution in [1.29, 1.82) is 5.26 Å². The van der Waals surface area contributed by atoms with E-state index in [0.29, 0.717) is 11.3 Å². The molecule has 0 aliphatic heterocycles. The van der Waals surface area contributed by atoms with Gasteiger partial charge in [-0.05, 0) is 67.7 Å². The van der Waals surface area contributed by atoms with Gasteiger partial charge in [-0.2, -0.15) is 5.26 Å². The van der Waals surface area contributed by atoms with Gasteiger partial charge in [-0.1, -0.05) is 140 Å². The van der Waals surface area contributed by atoms with Crippen LogP contribution in [0.4, 0.5) is 22.7 Å². The van der Waals surface area contributed by atoms with Gasteiger partial charge in [0.1, 0.15) is 6.07 Å². The molecule has 0 bridgehead atoms. The van der Waals surface area contributed by atoms with Crippen LogP contribution in [-0.2, 0) is 0 Å². The Morgan fingerprint density at radius 3 is 1.64 bits per heavy atom. The summed E-state index contributed by atoms with van der Waals surface area (Å²) in [5, 5.41) is 18.0. The molecule has 0 saturated carbocycles. The molecule has 3 nitrogen and oxygen atoms in total. The number of benzene rings is 8. The molecule has 0 N–H and O–H groups in total. The van der Waals surface area contributed by atoms with Crippen molar-refractivity contribution >= 4 is 78.0 Å². The second-order valence-electron chi connectivity index (χ2n) is 11.6. The van der Waals surface area contributed by atoms with E-state index in [1.165, 1.54) is 21.5 Å². The number of nitrogens with zero attached hydrogens (tertiary/aromatic N) is 3. The number of rotatable bonds is 5. The van der Waals surface area contributed by atoms with Gasteiger partial charge >= 0.3 is 0 Å². The number of hydrogen-bond acceptors (Lipinski definition) is 2. The molecule has 47 heavy (non-hydrogen) atoms. The summed E-state index contributed by atoms with van der Waals surface area (Å²) in [6, 6.07) is 54.6. The summed E-state index contributed by atoms with van der Waals surface area (Å²) in [6.07, 6.45) is 4.16. The van der Waals surface area contributed by atoms with Crippen molar-refractivity contribution in [2.45, 2.75) is 0 Å². The lowest BCUT2D eigenvalue weighted by Gasteiger charge is -2.28. The fraction of sp³-hybridized carbons (Fsp3) is 0. The van der Waals surface area contributed by atoms with Crippen LogP contribution in [0.2, 0.25) is 0 Å². The van der Waals surface area contributed by atoms with Crippen molar-refractivity contribution in [3.05, 3.63) is 180 Å². The van der Waals surface area contributed by atoms with Crippen molar-refractivity contribution in [2.24, 2.45) is 0 Å². The third-order valence-corrected chi connectivity index (χ3v) is 8.88. The summed E-state index contributed by atoms with van der Waals surface area (Å²) < 4.78 is 0. The Labute approximate surface area is 273 Å². The van der Waals surface area contributed by atoms with Gasteiger partial charge < -0.3 is 4.90 Å². The van der Waals surface area contributed by atoms with Crippen LogP contribution in [0.3, 0.4) is 0 Å². The summed E-state index contributed by atoms with van der Waals surface area (Å²) in [7, 11) is 0. The van der Waals surface area contributed by atoms with E-state index < -0.39 is 0 Å². The monoisotopic (exact) mass is 597 g/mol. The number of nitriles is 1.